The average Bonchev–Trinajstić information content (AvgIpc) is 3.23. The molecule has 0 heterocycles. The first kappa shape index (κ1) is 15.2. The summed E-state index contributed by atoms with van der Waals surface area (Å²) in [5.74, 6) is -0.0488. The van der Waals surface area contributed by atoms with Crippen LogP contribution in [0.4, 0.5) is 0 Å². The minimum atomic E-state index is -0.363. The van der Waals surface area contributed by atoms with Crippen LogP contribution >= 0.6 is 11.8 Å². The third kappa shape index (κ3) is 3.20. The number of carbonyl (C=O) groups excluding carboxylic acids is 1. The van der Waals surface area contributed by atoms with Gasteiger partial charge < -0.3 is 4.74 Å². The van der Waals surface area contributed by atoms with Crippen LogP contribution in [0.3, 0.4) is 0 Å². The molecule has 22 heavy (non-hydrogen) atoms. The van der Waals surface area contributed by atoms with Gasteiger partial charge in [-0.25, -0.2) is 0 Å². The van der Waals surface area contributed by atoms with Crippen molar-refractivity contribution in [2.75, 3.05) is 6.61 Å². The topological polar surface area (TPSA) is 26.3 Å². The molecule has 3 rings (SSSR count). The number of hydrogen-bond acceptors (Lipinski definition) is 3. The molecule has 0 aliphatic heterocycles. The summed E-state index contributed by atoms with van der Waals surface area (Å²) in [7, 11) is 0. The fourth-order valence-electron chi connectivity index (χ4n) is 2.80. The Labute approximate surface area is 135 Å². The number of thioether (sulfide) groups is 1. The number of rotatable bonds is 6. The molecule has 2 nitrogen and oxygen atoms in total. The van der Waals surface area contributed by atoms with Crippen LogP contribution in [0.15, 0.2) is 65.6 Å². The predicted octanol–water partition coefficient (Wildman–Crippen LogP) is 4.34. The van der Waals surface area contributed by atoms with Crippen molar-refractivity contribution in [1.29, 1.82) is 0 Å². The van der Waals surface area contributed by atoms with E-state index in [1.165, 1.54) is 10.5 Å². The maximum atomic E-state index is 12.5. The zero-order valence-electron chi connectivity index (χ0n) is 12.7. The van der Waals surface area contributed by atoms with Crippen LogP contribution in [0.2, 0.25) is 0 Å². The Hall–Kier alpha value is -1.74. The Kier molecular flexibility index (Phi) is 4.53. The molecule has 114 valence electrons. The van der Waals surface area contributed by atoms with E-state index in [1.807, 2.05) is 43.3 Å². The molecule has 0 bridgehead atoms. The molecule has 0 radical (unpaired) electrons. The normalized spacial score (nSPS) is 23.0. The monoisotopic (exact) mass is 312 g/mol. The van der Waals surface area contributed by atoms with Crippen molar-refractivity contribution in [3.05, 3.63) is 66.2 Å². The van der Waals surface area contributed by atoms with Gasteiger partial charge in [0.15, 0.2) is 0 Å². The summed E-state index contributed by atoms with van der Waals surface area (Å²) < 4.78 is 5.36. The van der Waals surface area contributed by atoms with Crippen LogP contribution < -0.4 is 0 Å². The van der Waals surface area contributed by atoms with Crippen LogP contribution in [-0.2, 0) is 16.0 Å². The molecule has 0 amide bonds. The van der Waals surface area contributed by atoms with Crippen molar-refractivity contribution < 1.29 is 9.53 Å². The van der Waals surface area contributed by atoms with E-state index < -0.39 is 0 Å². The zero-order valence-corrected chi connectivity index (χ0v) is 13.5. The summed E-state index contributed by atoms with van der Waals surface area (Å²) in [4.78, 5) is 13.7. The molecule has 0 spiro atoms. The second-order valence-electron chi connectivity index (χ2n) is 5.66. The van der Waals surface area contributed by atoms with E-state index in [0.717, 1.165) is 12.8 Å². The Morgan fingerprint density at radius 2 is 1.77 bits per heavy atom. The molecule has 1 fully saturated rings. The summed E-state index contributed by atoms with van der Waals surface area (Å²) in [5.41, 5.74) is 0.837. The van der Waals surface area contributed by atoms with Crippen molar-refractivity contribution in [2.24, 2.45) is 5.41 Å². The molecular formula is C19H20O2S. The molecule has 2 aromatic carbocycles. The second kappa shape index (κ2) is 6.57. The predicted molar refractivity (Wildman–Crippen MR) is 89.9 cm³/mol. The standard InChI is InChI=1S/C19H20O2S/c1-2-21-18(20)19(13-15-9-5-3-6-10-15)14-17(19)22-16-11-7-4-8-12-16/h3-12,17H,2,13-14H2,1H3/t17?,19-/m1/s1. The van der Waals surface area contributed by atoms with Gasteiger partial charge in [0.2, 0.25) is 0 Å². The highest BCUT2D eigenvalue weighted by atomic mass is 32.2. The molecule has 0 aromatic heterocycles. The van der Waals surface area contributed by atoms with E-state index in [2.05, 4.69) is 24.3 Å². The van der Waals surface area contributed by atoms with E-state index >= 15 is 0 Å². The molecule has 0 N–H and O–H groups in total. The maximum Gasteiger partial charge on any atom is 0.313 e. The zero-order chi connectivity index (χ0) is 15.4. The Balaban J connectivity index is 1.76. The Morgan fingerprint density at radius 1 is 1.14 bits per heavy atom. The minimum Gasteiger partial charge on any atom is -0.466 e. The van der Waals surface area contributed by atoms with Crippen molar-refractivity contribution in [2.45, 2.75) is 29.9 Å². The second-order valence-corrected chi connectivity index (χ2v) is 6.94. The average molecular weight is 312 g/mol. The first-order valence-electron chi connectivity index (χ1n) is 7.67. The van der Waals surface area contributed by atoms with Crippen LogP contribution in [0.5, 0.6) is 0 Å². The van der Waals surface area contributed by atoms with E-state index in [9.17, 15) is 4.79 Å². The first-order valence-corrected chi connectivity index (χ1v) is 8.55. The van der Waals surface area contributed by atoms with Gasteiger partial charge in [0, 0.05) is 10.1 Å². The number of benzene rings is 2. The van der Waals surface area contributed by atoms with Crippen molar-refractivity contribution >= 4 is 17.7 Å². The lowest BCUT2D eigenvalue weighted by Crippen LogP contribution is -2.24. The molecule has 3 heteroatoms. The van der Waals surface area contributed by atoms with Crippen LogP contribution in [0.25, 0.3) is 0 Å². The van der Waals surface area contributed by atoms with E-state index in [4.69, 9.17) is 4.74 Å². The van der Waals surface area contributed by atoms with Crippen LogP contribution in [-0.4, -0.2) is 17.8 Å². The summed E-state index contributed by atoms with van der Waals surface area (Å²) in [6, 6.07) is 20.5. The highest BCUT2D eigenvalue weighted by Gasteiger charge is 2.61. The third-order valence-corrected chi connectivity index (χ3v) is 5.52. The summed E-state index contributed by atoms with van der Waals surface area (Å²) in [6.45, 7) is 2.31. The van der Waals surface area contributed by atoms with Gasteiger partial charge >= 0.3 is 5.97 Å². The van der Waals surface area contributed by atoms with Crippen LogP contribution in [0, 0.1) is 5.41 Å². The molecule has 1 unspecified atom stereocenters. The van der Waals surface area contributed by atoms with Gasteiger partial charge in [-0.1, -0.05) is 48.5 Å². The van der Waals surface area contributed by atoms with Gasteiger partial charge in [-0.2, -0.15) is 0 Å². The van der Waals surface area contributed by atoms with Crippen LogP contribution in [0.1, 0.15) is 18.9 Å². The Morgan fingerprint density at radius 3 is 2.41 bits per heavy atom. The molecule has 1 saturated carbocycles. The van der Waals surface area contributed by atoms with E-state index in [1.54, 1.807) is 11.8 Å². The van der Waals surface area contributed by atoms with Gasteiger partial charge in [0.1, 0.15) is 0 Å². The Bertz CT molecular complexity index is 626. The fraction of sp³-hybridized carbons (Fsp3) is 0.316. The highest BCUT2D eigenvalue weighted by molar-refractivity contribution is 8.00. The number of carbonyl (C=O) groups is 1. The van der Waals surface area contributed by atoms with Crippen molar-refractivity contribution in [3.8, 4) is 0 Å². The summed E-state index contributed by atoms with van der Waals surface area (Å²) >= 11 is 1.79. The molecule has 1 aliphatic rings. The lowest BCUT2D eigenvalue weighted by molar-refractivity contribution is -0.149. The van der Waals surface area contributed by atoms with Gasteiger partial charge in [0.05, 0.1) is 12.0 Å². The number of hydrogen-bond donors (Lipinski definition) is 0. The SMILES string of the molecule is CCOC(=O)[C@]1(Cc2ccccc2)CC1Sc1ccccc1. The van der Waals surface area contributed by atoms with E-state index in [-0.39, 0.29) is 11.4 Å². The molecule has 0 saturated heterocycles. The third-order valence-electron chi connectivity index (χ3n) is 4.07. The summed E-state index contributed by atoms with van der Waals surface area (Å²) in [6.07, 6.45) is 1.65. The lowest BCUT2D eigenvalue weighted by Gasteiger charge is -2.16. The molecular weight excluding hydrogens is 292 g/mol. The minimum absolute atomic E-state index is 0.0488. The number of esters is 1. The van der Waals surface area contributed by atoms with Gasteiger partial charge in [-0.05, 0) is 37.5 Å². The van der Waals surface area contributed by atoms with Crippen molar-refractivity contribution in [3.63, 3.8) is 0 Å². The molecule has 2 atom stereocenters. The van der Waals surface area contributed by atoms with Gasteiger partial charge in [-0.3, -0.25) is 4.79 Å². The summed E-state index contributed by atoms with van der Waals surface area (Å²) in [5, 5.41) is 0.300. The lowest BCUT2D eigenvalue weighted by atomic mass is 9.96. The quantitative estimate of drug-likeness (QED) is 0.742. The van der Waals surface area contributed by atoms with E-state index in [0.29, 0.717) is 11.9 Å². The first-order chi connectivity index (χ1) is 10.7. The van der Waals surface area contributed by atoms with Gasteiger partial charge in [-0.15, -0.1) is 11.8 Å². The fourth-order valence-corrected chi connectivity index (χ4v) is 4.23. The molecule has 2 aromatic rings. The highest BCUT2D eigenvalue weighted by Crippen LogP contribution is 2.58. The largest absolute Gasteiger partial charge is 0.466 e. The van der Waals surface area contributed by atoms with Crippen molar-refractivity contribution in [1.82, 2.24) is 0 Å². The smallest absolute Gasteiger partial charge is 0.313 e. The number of ether oxygens (including phenoxy) is 1. The molecule has 1 aliphatic carbocycles. The van der Waals surface area contributed by atoms with Gasteiger partial charge in [0.25, 0.3) is 0 Å². The maximum absolute atomic E-state index is 12.5.